The Labute approximate surface area is 161 Å². The lowest BCUT2D eigenvalue weighted by Gasteiger charge is -2.43. The first-order valence-corrected chi connectivity index (χ1v) is 9.37. The number of rotatable bonds is 8. The minimum absolute atomic E-state index is 0.0351. The highest BCUT2D eigenvalue weighted by atomic mass is 79.9. The maximum Gasteiger partial charge on any atom is 0.352 e. The van der Waals surface area contributed by atoms with Crippen molar-refractivity contribution < 1.29 is 24.4 Å². The molecule has 1 N–H and O–H groups in total. The van der Waals surface area contributed by atoms with Gasteiger partial charge in [0.05, 0.1) is 4.92 Å². The third-order valence-electron chi connectivity index (χ3n) is 3.98. The summed E-state index contributed by atoms with van der Waals surface area (Å²) in [7, 11) is 0. The van der Waals surface area contributed by atoms with E-state index in [1.807, 2.05) is 0 Å². The number of carboxylic acids is 1. The van der Waals surface area contributed by atoms with E-state index in [4.69, 9.17) is 0 Å². The van der Waals surface area contributed by atoms with E-state index in [2.05, 4.69) is 15.9 Å². The summed E-state index contributed by atoms with van der Waals surface area (Å²) in [6, 6.07) is 6.23. The van der Waals surface area contributed by atoms with Crippen molar-refractivity contribution in [2.24, 2.45) is 0 Å². The third-order valence-corrected chi connectivity index (χ3v) is 6.09. The van der Waals surface area contributed by atoms with Crippen molar-refractivity contribution >= 4 is 50.9 Å². The molecule has 10 heteroatoms. The number of benzene rings is 1. The molecular weight excluding hydrogens is 428 g/mol. The van der Waals surface area contributed by atoms with E-state index in [9.17, 15) is 29.6 Å². The zero-order valence-electron chi connectivity index (χ0n) is 13.6. The lowest BCUT2D eigenvalue weighted by Crippen LogP contribution is -2.60. The summed E-state index contributed by atoms with van der Waals surface area (Å²) < 4.78 is 0. The number of thioether (sulfide) groups is 1. The van der Waals surface area contributed by atoms with Gasteiger partial charge in [0.25, 0.3) is 5.69 Å². The van der Waals surface area contributed by atoms with Gasteiger partial charge in [-0.15, -0.1) is 0 Å². The average Bonchev–Trinajstić information content (AvgIpc) is 2.62. The molecule has 0 spiro atoms. The normalized spacial score (nSPS) is 20.2. The fourth-order valence-corrected chi connectivity index (χ4v) is 4.22. The van der Waals surface area contributed by atoms with Crippen molar-refractivity contribution in [2.75, 3.05) is 0 Å². The summed E-state index contributed by atoms with van der Waals surface area (Å²) >= 11 is 3.95. The molecular formula is C16H15BrN2O6S. The topological polar surface area (TPSA) is 118 Å². The number of hydrogen-bond donors (Lipinski definition) is 1. The van der Waals surface area contributed by atoms with Crippen molar-refractivity contribution in [1.82, 2.24) is 4.90 Å². The number of nitrogens with zero attached hydrogens (tertiary/aromatic N) is 2. The van der Waals surface area contributed by atoms with Crippen LogP contribution in [-0.2, 0) is 20.8 Å². The van der Waals surface area contributed by atoms with Crippen LogP contribution >= 0.6 is 27.7 Å². The van der Waals surface area contributed by atoms with E-state index < -0.39 is 27.0 Å². The van der Waals surface area contributed by atoms with Crippen LogP contribution in [0.25, 0.3) is 0 Å². The van der Waals surface area contributed by atoms with Gasteiger partial charge in [-0.25, -0.2) is 4.79 Å². The highest BCUT2D eigenvalue weighted by molar-refractivity contribution is 9.10. The Morgan fingerprint density at radius 1 is 1.46 bits per heavy atom. The largest absolute Gasteiger partial charge is 0.477 e. The van der Waals surface area contributed by atoms with Crippen LogP contribution in [0, 0.1) is 10.1 Å². The molecule has 1 amide bonds. The smallest absolute Gasteiger partial charge is 0.352 e. The van der Waals surface area contributed by atoms with Gasteiger partial charge < -0.3 is 5.11 Å². The lowest BCUT2D eigenvalue weighted by atomic mass is 10.0. The molecule has 1 aliphatic heterocycles. The highest BCUT2D eigenvalue weighted by Gasteiger charge is 2.50. The molecule has 0 aliphatic carbocycles. The molecule has 0 aromatic heterocycles. The summed E-state index contributed by atoms with van der Waals surface area (Å²) in [4.78, 5) is 45.6. The number of nitro benzene ring substituents is 1. The number of aryl methyl sites for hydroxylation is 1. The molecule has 0 radical (unpaired) electrons. The van der Waals surface area contributed by atoms with Crippen LogP contribution in [0.2, 0.25) is 0 Å². The van der Waals surface area contributed by atoms with Crippen LogP contribution in [0.5, 0.6) is 0 Å². The Morgan fingerprint density at radius 3 is 2.69 bits per heavy atom. The Bertz CT molecular complexity index is 797. The van der Waals surface area contributed by atoms with E-state index in [0.29, 0.717) is 16.8 Å². The number of halogens is 1. The zero-order valence-corrected chi connectivity index (χ0v) is 16.0. The van der Waals surface area contributed by atoms with Crippen molar-refractivity contribution in [3.8, 4) is 0 Å². The van der Waals surface area contributed by atoms with Crippen LogP contribution in [0.1, 0.15) is 18.9 Å². The Balaban J connectivity index is 2.27. The molecule has 1 aromatic carbocycles. The number of carboxylic acid groups (broad SMARTS) is 1. The summed E-state index contributed by atoms with van der Waals surface area (Å²) in [5, 5.41) is 20.0. The van der Waals surface area contributed by atoms with E-state index >= 15 is 0 Å². The molecule has 1 aliphatic rings. The van der Waals surface area contributed by atoms with Gasteiger partial charge in [0, 0.05) is 11.6 Å². The van der Waals surface area contributed by atoms with Gasteiger partial charge in [-0.2, -0.15) is 0 Å². The number of aliphatic carboxylic acids is 1. The van der Waals surface area contributed by atoms with Crippen LogP contribution in [0.4, 0.5) is 5.69 Å². The summed E-state index contributed by atoms with van der Waals surface area (Å²) in [5.41, 5.74) is 1.21. The molecule has 1 aromatic rings. The van der Waals surface area contributed by atoms with Crippen LogP contribution < -0.4 is 0 Å². The fourth-order valence-electron chi connectivity index (χ4n) is 2.69. The molecule has 0 saturated carbocycles. The van der Waals surface area contributed by atoms with Crippen molar-refractivity contribution in [1.29, 1.82) is 0 Å². The van der Waals surface area contributed by atoms with E-state index in [0.717, 1.165) is 16.7 Å². The Kier molecular flexibility index (Phi) is 6.54. The molecule has 8 nitrogen and oxygen atoms in total. The molecule has 138 valence electrons. The number of likely N-dealkylation sites (tertiary alicyclic amines) is 1. The van der Waals surface area contributed by atoms with Gasteiger partial charge in [-0.3, -0.25) is 24.6 Å². The monoisotopic (exact) mass is 442 g/mol. The number of alkyl halides is 1. The number of nitro groups is 1. The van der Waals surface area contributed by atoms with E-state index in [-0.39, 0.29) is 24.2 Å². The molecule has 0 bridgehead atoms. The predicted octanol–water partition coefficient (Wildman–Crippen LogP) is 2.74. The van der Waals surface area contributed by atoms with Gasteiger partial charge in [0.15, 0.2) is 5.62 Å². The lowest BCUT2D eigenvalue weighted by molar-refractivity contribution is -0.385. The number of amides is 1. The number of carbonyl (C=O) groups excluding carboxylic acids is 2. The van der Waals surface area contributed by atoms with Gasteiger partial charge in [0.1, 0.15) is 15.9 Å². The minimum atomic E-state index is -1.28. The fraction of sp³-hybridized carbons (Fsp3) is 0.312. The van der Waals surface area contributed by atoms with Gasteiger partial charge in [-0.1, -0.05) is 45.9 Å². The van der Waals surface area contributed by atoms with Crippen LogP contribution in [0.3, 0.4) is 0 Å². The summed E-state index contributed by atoms with van der Waals surface area (Å²) in [6.45, 7) is 1.57. The number of para-hydroxylation sites is 1. The molecule has 1 fully saturated rings. The van der Waals surface area contributed by atoms with Gasteiger partial charge in [-0.05, 0) is 25.3 Å². The zero-order chi connectivity index (χ0) is 19.4. The van der Waals surface area contributed by atoms with E-state index in [1.165, 1.54) is 6.07 Å². The second-order valence-corrected chi connectivity index (χ2v) is 7.49. The number of hydrogen-bond acceptors (Lipinski definition) is 6. The molecule has 2 rings (SSSR count). The van der Waals surface area contributed by atoms with Gasteiger partial charge >= 0.3 is 5.97 Å². The third kappa shape index (κ3) is 3.96. The van der Waals surface area contributed by atoms with Crippen molar-refractivity contribution in [3.05, 3.63) is 51.2 Å². The minimum Gasteiger partial charge on any atom is -0.477 e. The second kappa shape index (κ2) is 8.45. The number of β-lactam (4-membered cyclic amide) rings is 1. The van der Waals surface area contributed by atoms with Crippen molar-refractivity contribution in [2.45, 2.75) is 30.0 Å². The molecule has 0 unspecified atom stereocenters. The molecule has 1 heterocycles. The molecule has 1 saturated heterocycles. The first-order chi connectivity index (χ1) is 12.3. The number of carbonyl (C=O) groups is 3. The second-order valence-electron chi connectivity index (χ2n) is 5.55. The highest BCUT2D eigenvalue weighted by Crippen LogP contribution is 2.38. The Hall–Kier alpha value is -2.20. The quantitative estimate of drug-likeness (QED) is 0.164. The maximum absolute atomic E-state index is 12.1. The standard InChI is InChI=1S/C16H15BrN2O6S/c1-9(6-7-10-4-2-3-5-11(10)19(24)25)13(16(22)23)18-14(21)12(17)15(18)26-8-20/h2-5,8,12,15H,6-7H2,1H3,(H,22,23)/b13-9-/t12-,15+/m0/s1. The summed E-state index contributed by atoms with van der Waals surface area (Å²) in [6.07, 6.45) is 0.479. The van der Waals surface area contributed by atoms with Crippen LogP contribution in [-0.4, -0.2) is 42.6 Å². The first-order valence-electron chi connectivity index (χ1n) is 7.51. The molecule has 26 heavy (non-hydrogen) atoms. The summed E-state index contributed by atoms with van der Waals surface area (Å²) in [5.74, 6) is -1.72. The van der Waals surface area contributed by atoms with Crippen molar-refractivity contribution in [3.63, 3.8) is 0 Å². The number of allylic oxidation sites excluding steroid dienone is 1. The average molecular weight is 443 g/mol. The van der Waals surface area contributed by atoms with E-state index in [1.54, 1.807) is 25.1 Å². The predicted molar refractivity (Wildman–Crippen MR) is 99.4 cm³/mol. The van der Waals surface area contributed by atoms with Crippen LogP contribution in [0.15, 0.2) is 35.5 Å². The SMILES string of the molecule is C/C(CCc1ccccc1[N+](=O)[O-])=C(\C(=O)O)N1C(=O)[C@H](Br)[C@H]1SC=O. The Morgan fingerprint density at radius 2 is 2.12 bits per heavy atom. The van der Waals surface area contributed by atoms with Gasteiger partial charge in [0.2, 0.25) is 5.91 Å². The maximum atomic E-state index is 12.1. The molecule has 2 atom stereocenters. The first kappa shape index (κ1) is 20.1.